The van der Waals surface area contributed by atoms with Gasteiger partial charge in [0, 0.05) is 5.56 Å². The molecule has 0 fully saturated rings. The van der Waals surface area contributed by atoms with Crippen molar-refractivity contribution in [3.05, 3.63) is 23.2 Å². The lowest BCUT2D eigenvalue weighted by molar-refractivity contribution is -0.149. The Kier molecular flexibility index (Phi) is 2.38. The van der Waals surface area contributed by atoms with E-state index >= 15 is 0 Å². The van der Waals surface area contributed by atoms with Crippen LogP contribution >= 0.6 is 0 Å². The average molecular weight is 193 g/mol. The van der Waals surface area contributed by atoms with Crippen molar-refractivity contribution in [2.24, 2.45) is 5.73 Å². The monoisotopic (exact) mass is 193 g/mol. The predicted molar refractivity (Wildman–Crippen MR) is 41.2 cm³/mol. The van der Waals surface area contributed by atoms with Crippen LogP contribution in [0.25, 0.3) is 0 Å². The molecule has 0 aliphatic rings. The highest BCUT2D eigenvalue weighted by molar-refractivity contribution is 5.24. The van der Waals surface area contributed by atoms with E-state index in [1.165, 1.54) is 13.0 Å². The van der Waals surface area contributed by atoms with E-state index in [4.69, 9.17) is 10.2 Å². The van der Waals surface area contributed by atoms with Gasteiger partial charge in [0.2, 0.25) is 0 Å². The van der Waals surface area contributed by atoms with Crippen molar-refractivity contribution in [2.75, 3.05) is 0 Å². The number of nitrogens with two attached hydrogens (primary N) is 1. The van der Waals surface area contributed by atoms with Crippen LogP contribution in [0.4, 0.5) is 13.2 Å². The van der Waals surface area contributed by atoms with Gasteiger partial charge in [-0.25, -0.2) is 0 Å². The van der Waals surface area contributed by atoms with Gasteiger partial charge in [0.15, 0.2) is 0 Å². The standard InChI is InChI=1S/C8H10F3NO/c1-4-3-6(5(2)13-4)7(12)8(9,10)11/h3,7H,12H2,1-2H3/t7-/m1/s1. The van der Waals surface area contributed by atoms with Crippen LogP contribution in [0.3, 0.4) is 0 Å². The number of furan rings is 1. The van der Waals surface area contributed by atoms with Crippen molar-refractivity contribution < 1.29 is 17.6 Å². The number of aryl methyl sites for hydroxylation is 2. The van der Waals surface area contributed by atoms with E-state index in [0.717, 1.165) is 0 Å². The van der Waals surface area contributed by atoms with Crippen molar-refractivity contribution >= 4 is 0 Å². The molecular formula is C8H10F3NO. The number of hydrogen-bond donors (Lipinski definition) is 1. The third kappa shape index (κ3) is 2.03. The first-order chi connectivity index (χ1) is 5.82. The highest BCUT2D eigenvalue weighted by Gasteiger charge is 2.39. The summed E-state index contributed by atoms with van der Waals surface area (Å²) in [6.45, 7) is 3.05. The Morgan fingerprint density at radius 2 is 1.92 bits per heavy atom. The minimum Gasteiger partial charge on any atom is -0.466 e. The maximum absolute atomic E-state index is 12.2. The fourth-order valence-corrected chi connectivity index (χ4v) is 1.14. The molecule has 13 heavy (non-hydrogen) atoms. The van der Waals surface area contributed by atoms with Gasteiger partial charge in [-0.3, -0.25) is 0 Å². The molecule has 0 bridgehead atoms. The normalized spacial score (nSPS) is 14.6. The minimum atomic E-state index is -4.42. The molecular weight excluding hydrogens is 183 g/mol. The van der Waals surface area contributed by atoms with Crippen LogP contribution in [0.5, 0.6) is 0 Å². The first-order valence-electron chi connectivity index (χ1n) is 3.71. The van der Waals surface area contributed by atoms with Crippen molar-refractivity contribution in [1.82, 2.24) is 0 Å². The third-order valence-corrected chi connectivity index (χ3v) is 1.77. The van der Waals surface area contributed by atoms with Crippen LogP contribution in [0.2, 0.25) is 0 Å². The molecule has 1 rings (SSSR count). The first-order valence-corrected chi connectivity index (χ1v) is 3.71. The molecule has 1 heterocycles. The van der Waals surface area contributed by atoms with Crippen LogP contribution in [0.1, 0.15) is 23.1 Å². The fraction of sp³-hybridized carbons (Fsp3) is 0.500. The van der Waals surface area contributed by atoms with E-state index in [2.05, 4.69) is 0 Å². The first kappa shape index (κ1) is 10.1. The van der Waals surface area contributed by atoms with Gasteiger partial charge in [0.25, 0.3) is 0 Å². The largest absolute Gasteiger partial charge is 0.466 e. The molecule has 0 unspecified atom stereocenters. The maximum Gasteiger partial charge on any atom is 0.407 e. The zero-order valence-corrected chi connectivity index (χ0v) is 7.27. The molecule has 1 atom stereocenters. The van der Waals surface area contributed by atoms with Crippen LogP contribution in [0, 0.1) is 13.8 Å². The molecule has 0 saturated carbocycles. The van der Waals surface area contributed by atoms with Crippen molar-refractivity contribution in [3.8, 4) is 0 Å². The predicted octanol–water partition coefficient (Wildman–Crippen LogP) is 2.46. The van der Waals surface area contributed by atoms with E-state index in [0.29, 0.717) is 5.76 Å². The zero-order valence-electron chi connectivity index (χ0n) is 7.27. The lowest BCUT2D eigenvalue weighted by Gasteiger charge is -2.14. The Balaban J connectivity index is 3.01. The molecule has 74 valence electrons. The van der Waals surface area contributed by atoms with Gasteiger partial charge >= 0.3 is 6.18 Å². The highest BCUT2D eigenvalue weighted by atomic mass is 19.4. The molecule has 0 amide bonds. The van der Waals surface area contributed by atoms with Crippen LogP contribution in [0.15, 0.2) is 10.5 Å². The quantitative estimate of drug-likeness (QED) is 0.744. The molecule has 0 saturated heterocycles. The summed E-state index contributed by atoms with van der Waals surface area (Å²) in [7, 11) is 0. The van der Waals surface area contributed by atoms with E-state index in [-0.39, 0.29) is 11.3 Å². The molecule has 1 aromatic heterocycles. The Hall–Kier alpha value is -0.970. The van der Waals surface area contributed by atoms with E-state index in [1.54, 1.807) is 6.92 Å². The molecule has 0 spiro atoms. The molecule has 1 aromatic rings. The fourth-order valence-electron chi connectivity index (χ4n) is 1.14. The highest BCUT2D eigenvalue weighted by Crippen LogP contribution is 2.33. The molecule has 0 aliphatic carbocycles. The molecule has 2 N–H and O–H groups in total. The summed E-state index contributed by atoms with van der Waals surface area (Å²) in [5, 5.41) is 0. The lowest BCUT2D eigenvalue weighted by Crippen LogP contribution is -2.28. The van der Waals surface area contributed by atoms with Crippen LogP contribution in [-0.4, -0.2) is 6.18 Å². The van der Waals surface area contributed by atoms with Gasteiger partial charge < -0.3 is 10.2 Å². The van der Waals surface area contributed by atoms with Crippen molar-refractivity contribution in [2.45, 2.75) is 26.1 Å². The summed E-state index contributed by atoms with van der Waals surface area (Å²) in [6.07, 6.45) is -4.42. The molecule has 0 radical (unpaired) electrons. The maximum atomic E-state index is 12.2. The Morgan fingerprint density at radius 1 is 1.38 bits per heavy atom. The van der Waals surface area contributed by atoms with Crippen molar-refractivity contribution in [1.29, 1.82) is 0 Å². The summed E-state index contributed by atoms with van der Waals surface area (Å²) in [4.78, 5) is 0. The molecule has 5 heteroatoms. The number of halogens is 3. The van der Waals surface area contributed by atoms with Gasteiger partial charge in [0.05, 0.1) is 0 Å². The van der Waals surface area contributed by atoms with Gasteiger partial charge in [-0.1, -0.05) is 0 Å². The minimum absolute atomic E-state index is 0.00463. The summed E-state index contributed by atoms with van der Waals surface area (Å²) in [5.74, 6) is 0.662. The number of hydrogen-bond acceptors (Lipinski definition) is 2. The third-order valence-electron chi connectivity index (χ3n) is 1.77. The number of rotatable bonds is 1. The zero-order chi connectivity index (χ0) is 10.2. The summed E-state index contributed by atoms with van der Waals surface area (Å²) < 4.78 is 41.4. The molecule has 2 nitrogen and oxygen atoms in total. The number of alkyl halides is 3. The van der Waals surface area contributed by atoms with E-state index in [1.807, 2.05) is 0 Å². The average Bonchev–Trinajstić information content (AvgIpc) is 2.26. The SMILES string of the molecule is Cc1cc([C@@H](N)C(F)(F)F)c(C)o1. The van der Waals surface area contributed by atoms with Crippen LogP contribution < -0.4 is 5.73 Å². The van der Waals surface area contributed by atoms with Gasteiger partial charge in [0.1, 0.15) is 17.6 Å². The van der Waals surface area contributed by atoms with E-state index < -0.39 is 12.2 Å². The second kappa shape index (κ2) is 3.06. The summed E-state index contributed by atoms with van der Waals surface area (Å²) in [5.41, 5.74) is 5.01. The van der Waals surface area contributed by atoms with Gasteiger partial charge in [-0.05, 0) is 19.9 Å². The molecule has 0 aliphatic heterocycles. The second-order valence-electron chi connectivity index (χ2n) is 2.89. The Labute approximate surface area is 73.5 Å². The lowest BCUT2D eigenvalue weighted by atomic mass is 10.1. The summed E-state index contributed by atoms with van der Waals surface area (Å²) >= 11 is 0. The topological polar surface area (TPSA) is 39.2 Å². The smallest absolute Gasteiger partial charge is 0.407 e. The van der Waals surface area contributed by atoms with E-state index in [9.17, 15) is 13.2 Å². The molecule has 0 aromatic carbocycles. The summed E-state index contributed by atoms with van der Waals surface area (Å²) in [6, 6.07) is -0.641. The Bertz CT molecular complexity index is 303. The van der Waals surface area contributed by atoms with Gasteiger partial charge in [-0.2, -0.15) is 13.2 Å². The van der Waals surface area contributed by atoms with Gasteiger partial charge in [-0.15, -0.1) is 0 Å². The van der Waals surface area contributed by atoms with Crippen molar-refractivity contribution in [3.63, 3.8) is 0 Å². The Morgan fingerprint density at radius 3 is 2.23 bits per heavy atom. The van der Waals surface area contributed by atoms with Crippen LogP contribution in [-0.2, 0) is 0 Å². The second-order valence-corrected chi connectivity index (χ2v) is 2.89.